The van der Waals surface area contributed by atoms with Crippen LogP contribution in [0.1, 0.15) is 47.3 Å². The number of aryl methyl sites for hydroxylation is 1. The number of nitrogens with one attached hydrogen (secondary N) is 1. The Morgan fingerprint density at radius 2 is 2.00 bits per heavy atom. The highest BCUT2D eigenvalue weighted by atomic mass is 19.4. The van der Waals surface area contributed by atoms with Crippen molar-refractivity contribution in [1.82, 2.24) is 15.1 Å². The molecular formula is C18H20F3N3O. The average molecular weight is 351 g/mol. The van der Waals surface area contributed by atoms with Gasteiger partial charge in [0.2, 0.25) is 5.91 Å². The monoisotopic (exact) mass is 351 g/mol. The zero-order valence-electron chi connectivity index (χ0n) is 14.2. The molecule has 1 atom stereocenters. The van der Waals surface area contributed by atoms with Crippen LogP contribution in [0.15, 0.2) is 24.3 Å². The Hall–Kier alpha value is -2.31. The summed E-state index contributed by atoms with van der Waals surface area (Å²) in [4.78, 5) is 14.4. The smallest absolute Gasteiger partial charge is 0.338 e. The Bertz CT molecular complexity index is 765. The van der Waals surface area contributed by atoms with Crippen LogP contribution in [0.2, 0.25) is 0 Å². The van der Waals surface area contributed by atoms with Crippen molar-refractivity contribution in [3.8, 4) is 0 Å². The number of H-pyrrole nitrogens is 1. The molecule has 0 spiro atoms. The van der Waals surface area contributed by atoms with Gasteiger partial charge in [-0.1, -0.05) is 19.1 Å². The number of benzene rings is 1. The Balaban J connectivity index is 1.64. The van der Waals surface area contributed by atoms with E-state index >= 15 is 0 Å². The fraction of sp³-hybridized carbons (Fsp3) is 0.444. The number of aromatic nitrogens is 2. The summed E-state index contributed by atoms with van der Waals surface area (Å²) in [5.41, 5.74) is 3.12. The third-order valence-electron chi connectivity index (χ3n) is 4.77. The lowest BCUT2D eigenvalue weighted by Crippen LogP contribution is -2.36. The number of alkyl halides is 3. The Labute approximate surface area is 144 Å². The second-order valence-corrected chi connectivity index (χ2v) is 6.56. The van der Waals surface area contributed by atoms with E-state index < -0.39 is 11.7 Å². The molecule has 0 unspecified atom stereocenters. The molecule has 1 amide bonds. The Morgan fingerprint density at radius 3 is 2.64 bits per heavy atom. The first-order valence-corrected chi connectivity index (χ1v) is 8.23. The summed E-state index contributed by atoms with van der Waals surface area (Å²) in [6.07, 6.45) is -3.34. The van der Waals surface area contributed by atoms with Crippen LogP contribution in [-0.2, 0) is 23.9 Å². The van der Waals surface area contributed by atoms with Crippen molar-refractivity contribution in [2.75, 3.05) is 6.54 Å². The van der Waals surface area contributed by atoms with E-state index in [-0.39, 0.29) is 18.2 Å². The maximum Gasteiger partial charge on any atom is 0.416 e. The van der Waals surface area contributed by atoms with E-state index in [1.54, 1.807) is 4.90 Å². The van der Waals surface area contributed by atoms with Gasteiger partial charge in [-0.05, 0) is 30.5 Å². The van der Waals surface area contributed by atoms with Gasteiger partial charge in [-0.3, -0.25) is 9.89 Å². The highest BCUT2D eigenvalue weighted by Gasteiger charge is 2.30. The van der Waals surface area contributed by atoms with Gasteiger partial charge in [0.1, 0.15) is 0 Å². The molecule has 134 valence electrons. The average Bonchev–Trinajstić information content (AvgIpc) is 2.95. The lowest BCUT2D eigenvalue weighted by Gasteiger charge is -2.28. The molecule has 1 aliphatic heterocycles. The zero-order chi connectivity index (χ0) is 18.2. The Kier molecular flexibility index (Phi) is 4.58. The molecule has 0 bridgehead atoms. The van der Waals surface area contributed by atoms with Gasteiger partial charge >= 0.3 is 6.18 Å². The lowest BCUT2D eigenvalue weighted by atomic mass is 9.95. The third kappa shape index (κ3) is 3.70. The van der Waals surface area contributed by atoms with E-state index in [1.807, 2.05) is 13.8 Å². The highest BCUT2D eigenvalue weighted by molar-refractivity contribution is 5.77. The van der Waals surface area contributed by atoms with Crippen LogP contribution in [-0.4, -0.2) is 27.5 Å². The minimum Gasteiger partial charge on any atom is -0.338 e. The van der Waals surface area contributed by atoms with E-state index in [4.69, 9.17) is 0 Å². The number of rotatable bonds is 3. The van der Waals surface area contributed by atoms with E-state index in [2.05, 4.69) is 10.2 Å². The van der Waals surface area contributed by atoms with Crippen molar-refractivity contribution >= 4 is 5.91 Å². The van der Waals surface area contributed by atoms with Crippen molar-refractivity contribution in [1.29, 1.82) is 0 Å². The SMILES string of the molecule is Cc1[nH]nc2c1CN(C(=O)C[C@@H](C)c1ccc(C(F)(F)F)cc1)CC2. The van der Waals surface area contributed by atoms with Gasteiger partial charge in [-0.15, -0.1) is 0 Å². The largest absolute Gasteiger partial charge is 0.416 e. The Morgan fingerprint density at radius 1 is 1.32 bits per heavy atom. The molecule has 25 heavy (non-hydrogen) atoms. The van der Waals surface area contributed by atoms with Crippen molar-refractivity contribution in [3.63, 3.8) is 0 Å². The predicted octanol–water partition coefficient (Wildman–Crippen LogP) is 3.82. The summed E-state index contributed by atoms with van der Waals surface area (Å²) in [5.74, 6) is -0.125. The molecule has 2 heterocycles. The van der Waals surface area contributed by atoms with Gasteiger partial charge in [0.15, 0.2) is 0 Å². The lowest BCUT2D eigenvalue weighted by molar-refractivity contribution is -0.137. The maximum absolute atomic E-state index is 12.6. The second-order valence-electron chi connectivity index (χ2n) is 6.56. The number of aromatic amines is 1. The molecule has 0 saturated carbocycles. The zero-order valence-corrected chi connectivity index (χ0v) is 14.2. The van der Waals surface area contributed by atoms with E-state index in [1.165, 1.54) is 12.1 Å². The van der Waals surface area contributed by atoms with Gasteiger partial charge in [-0.2, -0.15) is 18.3 Å². The van der Waals surface area contributed by atoms with Crippen LogP contribution in [0.3, 0.4) is 0 Å². The second kappa shape index (κ2) is 6.54. The van der Waals surface area contributed by atoms with Crippen LogP contribution in [0, 0.1) is 6.92 Å². The fourth-order valence-corrected chi connectivity index (χ4v) is 3.15. The van der Waals surface area contributed by atoms with E-state index in [9.17, 15) is 18.0 Å². The predicted molar refractivity (Wildman–Crippen MR) is 86.9 cm³/mol. The van der Waals surface area contributed by atoms with Gasteiger partial charge in [-0.25, -0.2) is 0 Å². The summed E-state index contributed by atoms with van der Waals surface area (Å²) in [7, 11) is 0. The summed E-state index contributed by atoms with van der Waals surface area (Å²) in [5, 5.41) is 7.17. The number of amides is 1. The first-order chi connectivity index (χ1) is 11.8. The first kappa shape index (κ1) is 17.5. The van der Waals surface area contributed by atoms with Crippen molar-refractivity contribution < 1.29 is 18.0 Å². The van der Waals surface area contributed by atoms with Crippen LogP contribution in [0.5, 0.6) is 0 Å². The van der Waals surface area contributed by atoms with Crippen LogP contribution in [0.25, 0.3) is 0 Å². The first-order valence-electron chi connectivity index (χ1n) is 8.23. The number of hydrogen-bond acceptors (Lipinski definition) is 2. The molecule has 0 aliphatic carbocycles. The molecule has 2 aromatic rings. The highest BCUT2D eigenvalue weighted by Crippen LogP contribution is 2.31. The molecule has 0 radical (unpaired) electrons. The minimum atomic E-state index is -4.34. The van der Waals surface area contributed by atoms with Crippen LogP contribution >= 0.6 is 0 Å². The summed E-state index contributed by atoms with van der Waals surface area (Å²) < 4.78 is 37.9. The number of hydrogen-bond donors (Lipinski definition) is 1. The molecule has 4 nitrogen and oxygen atoms in total. The topological polar surface area (TPSA) is 49.0 Å². The maximum atomic E-state index is 12.6. The van der Waals surface area contributed by atoms with Crippen LogP contribution in [0.4, 0.5) is 13.2 Å². The molecule has 3 rings (SSSR count). The van der Waals surface area contributed by atoms with Crippen LogP contribution < -0.4 is 0 Å². The molecule has 1 aromatic heterocycles. The third-order valence-corrected chi connectivity index (χ3v) is 4.77. The fourth-order valence-electron chi connectivity index (χ4n) is 3.15. The van der Waals surface area contributed by atoms with Gasteiger partial charge in [0.05, 0.1) is 11.3 Å². The van der Waals surface area contributed by atoms with Gasteiger partial charge < -0.3 is 4.90 Å². The molecule has 1 aromatic carbocycles. The summed E-state index contributed by atoms with van der Waals surface area (Å²) in [6, 6.07) is 5.04. The van der Waals surface area contributed by atoms with Crippen molar-refractivity contribution in [3.05, 3.63) is 52.3 Å². The molecule has 0 saturated heterocycles. The number of carbonyl (C=O) groups excluding carboxylic acids is 1. The summed E-state index contributed by atoms with van der Waals surface area (Å²) in [6.45, 7) is 4.95. The van der Waals surface area contributed by atoms with Gasteiger partial charge in [0.25, 0.3) is 0 Å². The van der Waals surface area contributed by atoms with Gasteiger partial charge in [0, 0.05) is 37.2 Å². The standard InChI is InChI=1S/C18H20F3N3O/c1-11(13-3-5-14(6-4-13)18(19,20)21)9-17(25)24-8-7-16-15(10-24)12(2)22-23-16/h3-6,11H,7-10H2,1-2H3,(H,22,23)/t11-/m1/s1. The molecule has 7 heteroatoms. The normalized spacial score (nSPS) is 15.8. The molecule has 1 N–H and O–H groups in total. The van der Waals surface area contributed by atoms with Crippen molar-refractivity contribution in [2.24, 2.45) is 0 Å². The van der Waals surface area contributed by atoms with Crippen molar-refractivity contribution in [2.45, 2.75) is 45.3 Å². The quantitative estimate of drug-likeness (QED) is 0.914. The van der Waals surface area contributed by atoms with E-state index in [0.717, 1.165) is 41.1 Å². The minimum absolute atomic E-state index is 0.0126. The molecular weight excluding hydrogens is 331 g/mol. The van der Waals surface area contributed by atoms with E-state index in [0.29, 0.717) is 13.1 Å². The molecule has 1 aliphatic rings. The number of carbonyl (C=O) groups is 1. The number of halogens is 3. The number of fused-ring (bicyclic) bond motifs is 1. The summed E-state index contributed by atoms with van der Waals surface area (Å²) >= 11 is 0. The number of nitrogens with zero attached hydrogens (tertiary/aromatic N) is 2. The molecule has 0 fully saturated rings.